The third-order valence-electron chi connectivity index (χ3n) is 5.38. The molecular formula is C24H31N3O4. The first kappa shape index (κ1) is 22.6. The predicted molar refractivity (Wildman–Crippen MR) is 120 cm³/mol. The highest BCUT2D eigenvalue weighted by Crippen LogP contribution is 2.28. The molecule has 1 N–H and O–H groups in total. The van der Waals surface area contributed by atoms with Crippen LogP contribution in [-0.2, 0) is 11.3 Å². The van der Waals surface area contributed by atoms with Crippen molar-refractivity contribution < 1.29 is 19.1 Å². The summed E-state index contributed by atoms with van der Waals surface area (Å²) in [6, 6.07) is 9.03. The number of aromatic nitrogens is 1. The second-order valence-corrected chi connectivity index (χ2v) is 7.68. The molecule has 0 saturated carbocycles. The molecule has 1 aromatic heterocycles. The highest BCUT2D eigenvalue weighted by molar-refractivity contribution is 5.94. The normalized spacial score (nSPS) is 13.5. The molecule has 7 nitrogen and oxygen atoms in total. The van der Waals surface area contributed by atoms with Gasteiger partial charge < -0.3 is 19.7 Å². The molecule has 1 aliphatic rings. The number of benzene rings is 1. The van der Waals surface area contributed by atoms with Crippen LogP contribution < -0.4 is 19.7 Å². The van der Waals surface area contributed by atoms with Crippen LogP contribution in [0, 0.1) is 0 Å². The van der Waals surface area contributed by atoms with E-state index in [9.17, 15) is 9.59 Å². The van der Waals surface area contributed by atoms with Gasteiger partial charge in [-0.3, -0.25) is 9.59 Å². The highest BCUT2D eigenvalue weighted by atomic mass is 16.5. The van der Waals surface area contributed by atoms with Gasteiger partial charge in [-0.25, -0.2) is 4.98 Å². The molecule has 2 aromatic rings. The molecule has 0 aliphatic carbocycles. The molecule has 1 aromatic carbocycles. The summed E-state index contributed by atoms with van der Waals surface area (Å²) in [6.07, 6.45) is 6.39. The average molecular weight is 426 g/mol. The number of piperidine rings is 1. The van der Waals surface area contributed by atoms with Crippen LogP contribution in [0.15, 0.2) is 36.5 Å². The maximum Gasteiger partial charge on any atom is 0.220 e. The number of Topliss-reactive ketones (excluding diaryl/α,β-unsaturated/α-hetero) is 1. The Balaban J connectivity index is 1.44. The van der Waals surface area contributed by atoms with E-state index in [4.69, 9.17) is 9.47 Å². The number of methoxy groups -OCH3 is 1. The minimum atomic E-state index is -0.0291. The molecule has 31 heavy (non-hydrogen) atoms. The number of ether oxygens (including phenoxy) is 2. The van der Waals surface area contributed by atoms with Crippen LogP contribution in [0.2, 0.25) is 0 Å². The molecular weight excluding hydrogens is 394 g/mol. The van der Waals surface area contributed by atoms with E-state index >= 15 is 0 Å². The lowest BCUT2D eigenvalue weighted by atomic mass is 10.1. The Morgan fingerprint density at radius 1 is 1.13 bits per heavy atom. The van der Waals surface area contributed by atoms with Crippen molar-refractivity contribution in [1.82, 2.24) is 10.3 Å². The highest BCUT2D eigenvalue weighted by Gasteiger charge is 2.16. The first-order valence-corrected chi connectivity index (χ1v) is 10.9. The van der Waals surface area contributed by atoms with Gasteiger partial charge in [-0.1, -0.05) is 6.07 Å². The molecule has 1 fully saturated rings. The summed E-state index contributed by atoms with van der Waals surface area (Å²) in [4.78, 5) is 30.6. The molecule has 2 heterocycles. The summed E-state index contributed by atoms with van der Waals surface area (Å²) in [7, 11) is 1.54. The van der Waals surface area contributed by atoms with Crippen molar-refractivity contribution in [2.24, 2.45) is 0 Å². The summed E-state index contributed by atoms with van der Waals surface area (Å²) in [5.41, 5.74) is 1.62. The molecule has 7 heteroatoms. The minimum Gasteiger partial charge on any atom is -0.493 e. The maximum absolute atomic E-state index is 12.3. The van der Waals surface area contributed by atoms with E-state index < -0.39 is 0 Å². The first-order valence-electron chi connectivity index (χ1n) is 10.9. The largest absolute Gasteiger partial charge is 0.493 e. The fourth-order valence-corrected chi connectivity index (χ4v) is 3.66. The van der Waals surface area contributed by atoms with E-state index in [1.807, 2.05) is 18.3 Å². The van der Waals surface area contributed by atoms with Crippen LogP contribution in [-0.4, -0.2) is 43.5 Å². The van der Waals surface area contributed by atoms with E-state index in [0.717, 1.165) is 24.5 Å². The lowest BCUT2D eigenvalue weighted by Crippen LogP contribution is -2.32. The number of anilines is 1. The number of carbonyl (C=O) groups excluding carboxylic acids is 2. The van der Waals surface area contributed by atoms with Crippen LogP contribution in [0.4, 0.5) is 5.82 Å². The van der Waals surface area contributed by atoms with Gasteiger partial charge in [-0.2, -0.15) is 0 Å². The summed E-state index contributed by atoms with van der Waals surface area (Å²) >= 11 is 0. The monoisotopic (exact) mass is 425 g/mol. The van der Waals surface area contributed by atoms with E-state index in [0.29, 0.717) is 43.1 Å². The van der Waals surface area contributed by atoms with Gasteiger partial charge in [-0.15, -0.1) is 0 Å². The van der Waals surface area contributed by atoms with Gasteiger partial charge in [0, 0.05) is 43.4 Å². The zero-order valence-electron chi connectivity index (χ0n) is 18.4. The predicted octanol–water partition coefficient (Wildman–Crippen LogP) is 3.76. The lowest BCUT2D eigenvalue weighted by Gasteiger charge is -2.29. The van der Waals surface area contributed by atoms with Crippen molar-refractivity contribution in [2.45, 2.75) is 45.6 Å². The van der Waals surface area contributed by atoms with Gasteiger partial charge in [0.05, 0.1) is 13.7 Å². The molecule has 1 amide bonds. The minimum absolute atomic E-state index is 0.0176. The van der Waals surface area contributed by atoms with Gasteiger partial charge in [0.2, 0.25) is 5.91 Å². The van der Waals surface area contributed by atoms with Crippen LogP contribution in [0.1, 0.15) is 54.9 Å². The van der Waals surface area contributed by atoms with E-state index in [-0.39, 0.29) is 11.7 Å². The quantitative estimate of drug-likeness (QED) is 0.461. The topological polar surface area (TPSA) is 80.8 Å². The van der Waals surface area contributed by atoms with Crippen molar-refractivity contribution in [1.29, 1.82) is 0 Å². The third kappa shape index (κ3) is 6.44. The number of hydrogen-bond acceptors (Lipinski definition) is 6. The van der Waals surface area contributed by atoms with Gasteiger partial charge >= 0.3 is 0 Å². The van der Waals surface area contributed by atoms with Gasteiger partial charge in [0.15, 0.2) is 17.3 Å². The molecule has 0 unspecified atom stereocenters. The number of nitrogens with zero attached hydrogens (tertiary/aromatic N) is 2. The molecule has 0 radical (unpaired) electrons. The van der Waals surface area contributed by atoms with E-state index in [1.165, 1.54) is 33.3 Å². The fourth-order valence-electron chi connectivity index (χ4n) is 3.66. The van der Waals surface area contributed by atoms with Crippen molar-refractivity contribution in [3.8, 4) is 11.5 Å². The second kappa shape index (κ2) is 11.3. The fraction of sp³-hybridized carbons (Fsp3) is 0.458. The van der Waals surface area contributed by atoms with Crippen LogP contribution in [0.5, 0.6) is 11.5 Å². The number of amides is 1. The standard InChI is InChI=1S/C24H31N3O4/c1-18(28)19-10-11-21(22(16-19)30-2)31-15-7-9-23(29)26-17-20-8-6-12-25-24(20)27-13-4-3-5-14-27/h6,8,10-12,16H,3-5,7,9,13-15,17H2,1-2H3,(H,26,29). The number of rotatable bonds is 10. The smallest absolute Gasteiger partial charge is 0.220 e. The molecule has 0 spiro atoms. The Morgan fingerprint density at radius 2 is 1.94 bits per heavy atom. The van der Waals surface area contributed by atoms with Crippen LogP contribution in [0.3, 0.4) is 0 Å². The molecule has 1 aliphatic heterocycles. The van der Waals surface area contributed by atoms with Gasteiger partial charge in [-0.05, 0) is 56.9 Å². The van der Waals surface area contributed by atoms with Gasteiger partial charge in [0.1, 0.15) is 5.82 Å². The van der Waals surface area contributed by atoms with Crippen molar-refractivity contribution in [2.75, 3.05) is 31.7 Å². The maximum atomic E-state index is 12.3. The zero-order chi connectivity index (χ0) is 22.1. The molecule has 3 rings (SSSR count). The summed E-state index contributed by atoms with van der Waals surface area (Å²) in [6.45, 7) is 4.40. The molecule has 1 saturated heterocycles. The Kier molecular flexibility index (Phi) is 8.27. The Hall–Kier alpha value is -3.09. The molecule has 0 atom stereocenters. The SMILES string of the molecule is COc1cc(C(C)=O)ccc1OCCCC(=O)NCc1cccnc1N1CCCCC1. The third-order valence-corrected chi connectivity index (χ3v) is 5.38. The van der Waals surface area contributed by atoms with Crippen molar-refractivity contribution >= 4 is 17.5 Å². The summed E-state index contributed by atoms with van der Waals surface area (Å²) in [5, 5.41) is 3.00. The molecule has 166 valence electrons. The number of ketones is 1. The summed E-state index contributed by atoms with van der Waals surface area (Å²) < 4.78 is 11.0. The average Bonchev–Trinajstić information content (AvgIpc) is 2.81. The lowest BCUT2D eigenvalue weighted by molar-refractivity contribution is -0.121. The summed E-state index contributed by atoms with van der Waals surface area (Å²) in [5.74, 6) is 2.01. The Morgan fingerprint density at radius 3 is 2.68 bits per heavy atom. The number of nitrogens with one attached hydrogen (secondary N) is 1. The van der Waals surface area contributed by atoms with Crippen LogP contribution >= 0.6 is 0 Å². The first-order chi connectivity index (χ1) is 15.1. The van der Waals surface area contributed by atoms with E-state index in [1.54, 1.807) is 18.2 Å². The van der Waals surface area contributed by atoms with E-state index in [2.05, 4.69) is 15.2 Å². The zero-order valence-corrected chi connectivity index (χ0v) is 18.4. The number of carbonyl (C=O) groups is 2. The number of pyridine rings is 1. The Bertz CT molecular complexity index is 894. The van der Waals surface area contributed by atoms with Crippen molar-refractivity contribution in [3.05, 3.63) is 47.7 Å². The molecule has 0 bridgehead atoms. The van der Waals surface area contributed by atoms with Crippen LogP contribution in [0.25, 0.3) is 0 Å². The van der Waals surface area contributed by atoms with Gasteiger partial charge in [0.25, 0.3) is 0 Å². The second-order valence-electron chi connectivity index (χ2n) is 7.68. The number of hydrogen-bond donors (Lipinski definition) is 1. The van der Waals surface area contributed by atoms with Crippen molar-refractivity contribution in [3.63, 3.8) is 0 Å². The Labute approximate surface area is 183 Å².